The number of aliphatic carboxylic acids is 1. The van der Waals surface area contributed by atoms with Gasteiger partial charge in [0.2, 0.25) is 0 Å². The van der Waals surface area contributed by atoms with Crippen molar-refractivity contribution in [3.63, 3.8) is 0 Å². The lowest BCUT2D eigenvalue weighted by molar-refractivity contribution is -0.137. The summed E-state index contributed by atoms with van der Waals surface area (Å²) in [5, 5.41) is 9.09. The Labute approximate surface area is 101 Å². The zero-order valence-corrected chi connectivity index (χ0v) is 10.0. The molecule has 1 aromatic carbocycles. The highest BCUT2D eigenvalue weighted by molar-refractivity contribution is 7.84. The van der Waals surface area contributed by atoms with Crippen molar-refractivity contribution in [2.24, 2.45) is 5.73 Å². The number of rotatable bonds is 5. The minimum absolute atomic E-state index is 0.0689. The van der Waals surface area contributed by atoms with Crippen molar-refractivity contribution in [1.82, 2.24) is 0 Å². The number of carbonyl (C=O) groups is 1. The molecular weight excluding hydrogens is 250 g/mol. The fourth-order valence-electron chi connectivity index (χ4n) is 1.12. The minimum atomic E-state index is -1.32. The van der Waals surface area contributed by atoms with Gasteiger partial charge >= 0.3 is 5.97 Å². The van der Waals surface area contributed by atoms with Gasteiger partial charge in [-0.1, -0.05) is 29.8 Å². The first kappa shape index (κ1) is 13.2. The third-order valence-corrected chi connectivity index (χ3v) is 3.69. The van der Waals surface area contributed by atoms with Gasteiger partial charge in [0.1, 0.15) is 6.04 Å². The second-order valence-electron chi connectivity index (χ2n) is 3.29. The van der Waals surface area contributed by atoms with Crippen molar-refractivity contribution >= 4 is 28.4 Å². The third-order valence-electron chi connectivity index (χ3n) is 1.96. The molecule has 3 N–H and O–H groups in total. The fourth-order valence-corrected chi connectivity index (χ4v) is 2.66. The molecule has 1 aromatic rings. The number of benzene rings is 1. The van der Waals surface area contributed by atoms with Crippen LogP contribution in [0.15, 0.2) is 24.3 Å². The number of carboxylic acid groups (broad SMARTS) is 1. The van der Waals surface area contributed by atoms with Gasteiger partial charge in [0.05, 0.1) is 5.75 Å². The van der Waals surface area contributed by atoms with Gasteiger partial charge in [-0.05, 0) is 11.6 Å². The predicted octanol–water partition coefficient (Wildman–Crippen LogP) is 1.00. The van der Waals surface area contributed by atoms with Gasteiger partial charge in [0, 0.05) is 21.6 Å². The Hall–Kier alpha value is -0.910. The van der Waals surface area contributed by atoms with Gasteiger partial charge in [-0.3, -0.25) is 9.00 Å². The van der Waals surface area contributed by atoms with Crippen LogP contribution in [0.1, 0.15) is 5.56 Å². The molecule has 0 aliphatic carbocycles. The highest BCUT2D eigenvalue weighted by atomic mass is 35.5. The highest BCUT2D eigenvalue weighted by Gasteiger charge is 2.15. The topological polar surface area (TPSA) is 80.4 Å². The van der Waals surface area contributed by atoms with E-state index in [9.17, 15) is 9.00 Å². The highest BCUT2D eigenvalue weighted by Crippen LogP contribution is 2.16. The zero-order chi connectivity index (χ0) is 12.1. The summed E-state index contributed by atoms with van der Waals surface area (Å²) < 4.78 is 11.6. The Morgan fingerprint density at radius 3 is 2.69 bits per heavy atom. The quantitative estimate of drug-likeness (QED) is 0.829. The van der Waals surface area contributed by atoms with Gasteiger partial charge < -0.3 is 10.8 Å². The number of hydrogen-bond donors (Lipinski definition) is 2. The number of hydrogen-bond acceptors (Lipinski definition) is 3. The van der Waals surface area contributed by atoms with E-state index in [4.69, 9.17) is 22.4 Å². The summed E-state index contributed by atoms with van der Waals surface area (Å²) in [5.41, 5.74) is 6.02. The van der Waals surface area contributed by atoms with Crippen LogP contribution in [-0.2, 0) is 21.3 Å². The molecule has 0 spiro atoms. The Morgan fingerprint density at radius 2 is 2.12 bits per heavy atom. The molecule has 16 heavy (non-hydrogen) atoms. The lowest BCUT2D eigenvalue weighted by atomic mass is 10.2. The molecule has 2 unspecified atom stereocenters. The molecule has 1 rings (SSSR count). The van der Waals surface area contributed by atoms with E-state index in [1.54, 1.807) is 24.3 Å². The molecule has 0 bridgehead atoms. The molecule has 0 aromatic heterocycles. The maximum atomic E-state index is 11.6. The van der Waals surface area contributed by atoms with Gasteiger partial charge in [-0.25, -0.2) is 0 Å². The van der Waals surface area contributed by atoms with Crippen LogP contribution in [0.25, 0.3) is 0 Å². The lowest BCUT2D eigenvalue weighted by Crippen LogP contribution is -2.35. The maximum absolute atomic E-state index is 11.6. The third kappa shape index (κ3) is 3.92. The van der Waals surface area contributed by atoms with Crippen LogP contribution in [0, 0.1) is 0 Å². The van der Waals surface area contributed by atoms with Gasteiger partial charge in [-0.2, -0.15) is 0 Å². The molecule has 6 heteroatoms. The van der Waals surface area contributed by atoms with E-state index in [1.165, 1.54) is 0 Å². The lowest BCUT2D eigenvalue weighted by Gasteiger charge is -2.07. The molecule has 0 saturated carbocycles. The van der Waals surface area contributed by atoms with E-state index in [0.717, 1.165) is 5.56 Å². The number of nitrogens with two attached hydrogens (primary N) is 1. The van der Waals surface area contributed by atoms with Crippen LogP contribution in [0.3, 0.4) is 0 Å². The fraction of sp³-hybridized carbons (Fsp3) is 0.300. The summed E-state index contributed by atoms with van der Waals surface area (Å²) in [7, 11) is -1.32. The normalized spacial score (nSPS) is 14.4. The van der Waals surface area contributed by atoms with E-state index in [2.05, 4.69) is 0 Å². The molecule has 88 valence electrons. The first-order chi connectivity index (χ1) is 7.50. The van der Waals surface area contributed by atoms with E-state index in [-0.39, 0.29) is 11.5 Å². The Balaban J connectivity index is 2.59. The largest absolute Gasteiger partial charge is 0.480 e. The van der Waals surface area contributed by atoms with Crippen LogP contribution >= 0.6 is 11.6 Å². The summed E-state index contributed by atoms with van der Waals surface area (Å²) in [6.07, 6.45) is 0. The van der Waals surface area contributed by atoms with Crippen molar-refractivity contribution in [1.29, 1.82) is 0 Å². The monoisotopic (exact) mass is 261 g/mol. The Morgan fingerprint density at radius 1 is 1.50 bits per heavy atom. The van der Waals surface area contributed by atoms with E-state index in [0.29, 0.717) is 5.02 Å². The Kier molecular flexibility index (Phi) is 4.92. The van der Waals surface area contributed by atoms with Crippen molar-refractivity contribution < 1.29 is 14.1 Å². The maximum Gasteiger partial charge on any atom is 0.321 e. The second kappa shape index (κ2) is 5.98. The van der Waals surface area contributed by atoms with Crippen LogP contribution < -0.4 is 5.73 Å². The molecule has 0 radical (unpaired) electrons. The first-order valence-corrected chi connectivity index (χ1v) is 6.44. The van der Waals surface area contributed by atoms with Gasteiger partial charge in [-0.15, -0.1) is 0 Å². The molecular formula is C10H12ClNO3S. The molecule has 4 nitrogen and oxygen atoms in total. The summed E-state index contributed by atoms with van der Waals surface area (Å²) in [6, 6.07) is 5.92. The van der Waals surface area contributed by atoms with Crippen LogP contribution in [0.2, 0.25) is 5.02 Å². The van der Waals surface area contributed by atoms with E-state index >= 15 is 0 Å². The van der Waals surface area contributed by atoms with Crippen LogP contribution in [0.5, 0.6) is 0 Å². The Bertz CT molecular complexity index is 411. The zero-order valence-electron chi connectivity index (χ0n) is 8.43. The number of carboxylic acids is 1. The standard InChI is InChI=1S/C10H12ClNO3S/c11-8-4-2-1-3-7(8)5-16(15)6-9(12)10(13)14/h1-4,9H,5-6,12H2,(H,13,14). The van der Waals surface area contributed by atoms with Gasteiger partial charge in [0.25, 0.3) is 0 Å². The number of halogens is 1. The summed E-state index contributed by atoms with van der Waals surface area (Å²) >= 11 is 5.89. The molecule has 0 saturated heterocycles. The summed E-state index contributed by atoms with van der Waals surface area (Å²) in [6.45, 7) is 0. The van der Waals surface area contributed by atoms with E-state index < -0.39 is 22.8 Å². The van der Waals surface area contributed by atoms with Crippen molar-refractivity contribution in [2.75, 3.05) is 5.75 Å². The van der Waals surface area contributed by atoms with Gasteiger partial charge in [0.15, 0.2) is 0 Å². The second-order valence-corrected chi connectivity index (χ2v) is 5.20. The van der Waals surface area contributed by atoms with Crippen molar-refractivity contribution in [3.05, 3.63) is 34.9 Å². The average molecular weight is 262 g/mol. The first-order valence-electron chi connectivity index (χ1n) is 4.57. The summed E-state index contributed by atoms with van der Waals surface area (Å²) in [5.74, 6) is -0.992. The SMILES string of the molecule is NC(CS(=O)Cc1ccccc1Cl)C(=O)O. The molecule has 0 amide bonds. The molecule has 0 aliphatic heterocycles. The van der Waals surface area contributed by atoms with Crippen molar-refractivity contribution in [2.45, 2.75) is 11.8 Å². The summed E-state index contributed by atoms with van der Waals surface area (Å²) in [4.78, 5) is 10.5. The van der Waals surface area contributed by atoms with E-state index in [1.807, 2.05) is 0 Å². The minimum Gasteiger partial charge on any atom is -0.480 e. The smallest absolute Gasteiger partial charge is 0.321 e. The predicted molar refractivity (Wildman–Crippen MR) is 63.8 cm³/mol. The molecule has 0 heterocycles. The molecule has 0 aliphatic rings. The molecule has 0 fully saturated rings. The van der Waals surface area contributed by atoms with Crippen LogP contribution in [-0.4, -0.2) is 27.1 Å². The molecule has 2 atom stereocenters. The van der Waals surface area contributed by atoms with Crippen LogP contribution in [0.4, 0.5) is 0 Å². The van der Waals surface area contributed by atoms with Crippen molar-refractivity contribution in [3.8, 4) is 0 Å². The average Bonchev–Trinajstić information content (AvgIpc) is 2.21.